The van der Waals surface area contributed by atoms with Crippen LogP contribution in [0.3, 0.4) is 0 Å². The maximum Gasteiger partial charge on any atom is 0.225 e. The zero-order valence-corrected chi connectivity index (χ0v) is 12.1. The highest BCUT2D eigenvalue weighted by atomic mass is 35.5. The maximum absolute atomic E-state index is 13.9. The highest BCUT2D eigenvalue weighted by Gasteiger charge is 2.47. The van der Waals surface area contributed by atoms with Crippen molar-refractivity contribution in [2.75, 3.05) is 13.1 Å². The van der Waals surface area contributed by atoms with Crippen LogP contribution in [0.15, 0.2) is 24.3 Å². The van der Waals surface area contributed by atoms with Gasteiger partial charge in [0.05, 0.1) is 11.5 Å². The summed E-state index contributed by atoms with van der Waals surface area (Å²) in [6.07, 6.45) is 3.62. The molecule has 0 aromatic heterocycles. The Labute approximate surface area is 124 Å². The number of halogens is 2. The number of rotatable bonds is 3. The van der Waals surface area contributed by atoms with E-state index < -0.39 is 5.54 Å². The fraction of sp³-hybridized carbons (Fsp3) is 0.533. The number of hydrogen-bond acceptors (Lipinski definition) is 2. The van der Waals surface area contributed by atoms with Gasteiger partial charge in [-0.3, -0.25) is 4.79 Å². The van der Waals surface area contributed by atoms with Gasteiger partial charge in [-0.1, -0.05) is 18.2 Å². The van der Waals surface area contributed by atoms with Crippen molar-refractivity contribution >= 4 is 18.3 Å². The molecule has 1 unspecified atom stereocenters. The molecule has 1 atom stereocenters. The minimum absolute atomic E-state index is 0. The monoisotopic (exact) mass is 298 g/mol. The van der Waals surface area contributed by atoms with Crippen molar-refractivity contribution in [3.8, 4) is 0 Å². The van der Waals surface area contributed by atoms with E-state index >= 15 is 0 Å². The zero-order chi connectivity index (χ0) is 13.3. The van der Waals surface area contributed by atoms with Crippen LogP contribution in [-0.2, 0) is 10.3 Å². The van der Waals surface area contributed by atoms with Crippen LogP contribution in [0, 0.1) is 11.7 Å². The summed E-state index contributed by atoms with van der Waals surface area (Å²) in [6, 6.07) is 6.75. The Bertz CT molecular complexity index is 485. The second-order valence-electron chi connectivity index (χ2n) is 5.59. The van der Waals surface area contributed by atoms with Crippen molar-refractivity contribution in [3.63, 3.8) is 0 Å². The summed E-state index contributed by atoms with van der Waals surface area (Å²) in [5.74, 6) is -0.131. The van der Waals surface area contributed by atoms with Crippen LogP contribution in [-0.4, -0.2) is 19.0 Å². The first-order valence-corrected chi connectivity index (χ1v) is 6.99. The standard InChI is InChI=1S/C15H19FN2O.ClH/c16-13-6-2-1-5-12(13)15(7-8-15)18-14(19)11-4-3-9-17-10-11;/h1-2,5-6,11,17H,3-4,7-10H2,(H,18,19);1H. The van der Waals surface area contributed by atoms with Crippen molar-refractivity contribution in [2.45, 2.75) is 31.2 Å². The Kier molecular flexibility index (Phi) is 4.66. The third-order valence-corrected chi connectivity index (χ3v) is 4.17. The molecule has 0 radical (unpaired) electrons. The summed E-state index contributed by atoms with van der Waals surface area (Å²) in [6.45, 7) is 1.72. The first kappa shape index (κ1) is 15.3. The molecule has 1 saturated carbocycles. The van der Waals surface area contributed by atoms with Gasteiger partial charge in [0.25, 0.3) is 0 Å². The maximum atomic E-state index is 13.9. The summed E-state index contributed by atoms with van der Waals surface area (Å²) in [4.78, 5) is 12.3. The Morgan fingerprint density at radius 3 is 2.70 bits per heavy atom. The van der Waals surface area contributed by atoms with Gasteiger partial charge in [0.15, 0.2) is 0 Å². The molecule has 1 amide bonds. The highest BCUT2D eigenvalue weighted by molar-refractivity contribution is 5.85. The number of piperidine rings is 1. The topological polar surface area (TPSA) is 41.1 Å². The Morgan fingerprint density at radius 1 is 1.35 bits per heavy atom. The quantitative estimate of drug-likeness (QED) is 0.899. The lowest BCUT2D eigenvalue weighted by atomic mass is 9.97. The predicted molar refractivity (Wildman–Crippen MR) is 78.3 cm³/mol. The van der Waals surface area contributed by atoms with E-state index in [1.165, 1.54) is 6.07 Å². The number of carbonyl (C=O) groups is 1. The van der Waals surface area contributed by atoms with Gasteiger partial charge in [0.2, 0.25) is 5.91 Å². The van der Waals surface area contributed by atoms with Crippen LogP contribution in [0.2, 0.25) is 0 Å². The van der Waals surface area contributed by atoms with Crippen LogP contribution in [0.5, 0.6) is 0 Å². The molecule has 2 fully saturated rings. The molecule has 1 heterocycles. The largest absolute Gasteiger partial charge is 0.346 e. The molecular weight excluding hydrogens is 279 g/mol. The summed E-state index contributed by atoms with van der Waals surface area (Å²) >= 11 is 0. The van der Waals surface area contributed by atoms with Crippen molar-refractivity contribution in [1.29, 1.82) is 0 Å². The molecule has 2 aliphatic rings. The number of amides is 1. The van der Waals surface area contributed by atoms with Gasteiger partial charge >= 0.3 is 0 Å². The summed E-state index contributed by atoms with van der Waals surface area (Å²) in [5.41, 5.74) is 0.187. The molecule has 0 bridgehead atoms. The number of carbonyl (C=O) groups excluding carboxylic acids is 1. The van der Waals surface area contributed by atoms with Crippen molar-refractivity contribution in [1.82, 2.24) is 10.6 Å². The predicted octanol–water partition coefficient (Wildman–Crippen LogP) is 2.35. The third kappa shape index (κ3) is 2.96. The molecule has 1 aromatic rings. The molecule has 5 heteroatoms. The smallest absolute Gasteiger partial charge is 0.225 e. The van der Waals surface area contributed by atoms with Gasteiger partial charge < -0.3 is 10.6 Å². The van der Waals surface area contributed by atoms with Gasteiger partial charge in [0.1, 0.15) is 5.82 Å². The first-order valence-electron chi connectivity index (χ1n) is 6.99. The molecule has 20 heavy (non-hydrogen) atoms. The number of benzene rings is 1. The minimum Gasteiger partial charge on any atom is -0.346 e. The van der Waals surface area contributed by atoms with Crippen molar-refractivity contribution < 1.29 is 9.18 Å². The van der Waals surface area contributed by atoms with Gasteiger partial charge in [-0.15, -0.1) is 12.4 Å². The molecule has 1 aliphatic heterocycles. The molecule has 1 saturated heterocycles. The summed E-state index contributed by atoms with van der Waals surface area (Å²) in [7, 11) is 0. The van der Waals surface area contributed by atoms with Crippen molar-refractivity contribution in [2.24, 2.45) is 5.92 Å². The van der Waals surface area contributed by atoms with Gasteiger partial charge in [-0.25, -0.2) is 4.39 Å². The molecule has 3 rings (SSSR count). The molecule has 0 spiro atoms. The second-order valence-corrected chi connectivity index (χ2v) is 5.59. The van der Waals surface area contributed by atoms with E-state index in [4.69, 9.17) is 0 Å². The number of hydrogen-bond donors (Lipinski definition) is 2. The molecular formula is C15H20ClFN2O. The Hall–Kier alpha value is -1.13. The van der Waals surface area contributed by atoms with E-state index in [1.54, 1.807) is 12.1 Å². The minimum atomic E-state index is -0.445. The van der Waals surface area contributed by atoms with Crippen LogP contribution in [0.25, 0.3) is 0 Å². The molecule has 1 aliphatic carbocycles. The SMILES string of the molecule is Cl.O=C(NC1(c2ccccc2F)CC1)C1CCCNC1. The lowest BCUT2D eigenvalue weighted by molar-refractivity contribution is -0.126. The summed E-state index contributed by atoms with van der Waals surface area (Å²) < 4.78 is 13.9. The Balaban J connectivity index is 0.00000147. The van der Waals surface area contributed by atoms with E-state index in [9.17, 15) is 9.18 Å². The molecule has 1 aromatic carbocycles. The van der Waals surface area contributed by atoms with E-state index in [2.05, 4.69) is 10.6 Å². The molecule has 2 N–H and O–H groups in total. The van der Waals surface area contributed by atoms with E-state index in [0.717, 1.165) is 38.8 Å². The fourth-order valence-electron chi connectivity index (χ4n) is 2.85. The lowest BCUT2D eigenvalue weighted by Gasteiger charge is -2.26. The third-order valence-electron chi connectivity index (χ3n) is 4.17. The average molecular weight is 299 g/mol. The average Bonchev–Trinajstić information content (AvgIpc) is 3.21. The van der Waals surface area contributed by atoms with Gasteiger partial charge in [-0.2, -0.15) is 0 Å². The second kappa shape index (κ2) is 6.10. The highest BCUT2D eigenvalue weighted by Crippen LogP contribution is 2.46. The molecule has 110 valence electrons. The normalized spacial score (nSPS) is 23.6. The molecule has 3 nitrogen and oxygen atoms in total. The van der Waals surface area contributed by atoms with Crippen LogP contribution < -0.4 is 10.6 Å². The van der Waals surface area contributed by atoms with E-state index in [0.29, 0.717) is 5.56 Å². The van der Waals surface area contributed by atoms with Crippen LogP contribution >= 0.6 is 12.4 Å². The number of nitrogens with one attached hydrogen (secondary N) is 2. The van der Waals surface area contributed by atoms with E-state index in [1.807, 2.05) is 6.07 Å². The van der Waals surface area contributed by atoms with E-state index in [-0.39, 0.29) is 30.0 Å². The zero-order valence-electron chi connectivity index (χ0n) is 11.3. The van der Waals surface area contributed by atoms with Crippen LogP contribution in [0.4, 0.5) is 4.39 Å². The van der Waals surface area contributed by atoms with Crippen molar-refractivity contribution in [3.05, 3.63) is 35.6 Å². The van der Waals surface area contributed by atoms with Gasteiger partial charge in [0, 0.05) is 12.1 Å². The van der Waals surface area contributed by atoms with Gasteiger partial charge in [-0.05, 0) is 38.3 Å². The fourth-order valence-corrected chi connectivity index (χ4v) is 2.85. The first-order chi connectivity index (χ1) is 9.21. The lowest BCUT2D eigenvalue weighted by Crippen LogP contribution is -2.44. The Morgan fingerprint density at radius 2 is 2.10 bits per heavy atom. The van der Waals surface area contributed by atoms with Crippen LogP contribution in [0.1, 0.15) is 31.2 Å². The summed E-state index contributed by atoms with van der Waals surface area (Å²) in [5, 5.41) is 6.31.